The molecule has 1 saturated heterocycles. The molecule has 2 aromatic carbocycles. The molecule has 2 atom stereocenters. The Kier molecular flexibility index (Phi) is 7.13. The predicted molar refractivity (Wildman–Crippen MR) is 136 cm³/mol. The smallest absolute Gasteiger partial charge is 0.391 e. The molecule has 3 N–H and O–H groups in total. The summed E-state index contributed by atoms with van der Waals surface area (Å²) in [5.74, 6) is -2.35. The number of H-pyrrole nitrogens is 1. The summed E-state index contributed by atoms with van der Waals surface area (Å²) in [5, 5.41) is 5.29. The lowest BCUT2D eigenvalue weighted by Gasteiger charge is -2.51. The first-order valence-corrected chi connectivity index (χ1v) is 13.3. The Labute approximate surface area is 219 Å². The molecular formula is C25H29ClF2N4O4S. The Morgan fingerprint density at radius 2 is 1.84 bits per heavy atom. The number of halogens is 3. The van der Waals surface area contributed by atoms with E-state index in [1.165, 1.54) is 4.31 Å². The highest BCUT2D eigenvalue weighted by Crippen LogP contribution is 2.53. The average molecular weight is 555 g/mol. The molecule has 0 radical (unpaired) electrons. The van der Waals surface area contributed by atoms with Crippen LogP contribution in [0.1, 0.15) is 67.4 Å². The second-order valence-electron chi connectivity index (χ2n) is 10.3. The van der Waals surface area contributed by atoms with Crippen LogP contribution in [0.2, 0.25) is 0 Å². The third kappa shape index (κ3) is 4.73. The van der Waals surface area contributed by atoms with Crippen LogP contribution in [-0.2, 0) is 22.0 Å². The molecule has 0 unspecified atom stereocenters. The summed E-state index contributed by atoms with van der Waals surface area (Å²) >= 11 is 0. The van der Waals surface area contributed by atoms with E-state index in [0.717, 1.165) is 12.1 Å². The van der Waals surface area contributed by atoms with Gasteiger partial charge in [0.1, 0.15) is 16.9 Å². The number of benzene rings is 2. The van der Waals surface area contributed by atoms with E-state index in [-0.39, 0.29) is 54.9 Å². The van der Waals surface area contributed by atoms with Gasteiger partial charge in [-0.1, -0.05) is 30.3 Å². The standard InChI is InChI=1S/C25H28F2N4O4S.ClH/c1-15-8-9-21(16-6-4-3-5-7-16)36(33,34)31(15)12-17-10-20(27)18(11-19(17)26)25(13-24(2,28)14-25)22-29-30-23(32)35-22;/h3-7,10-11,15,21H,8-9,12-14,28H2,1-2H3,(H,30,32);1H/t15-,21+,24?,25?;/m0./s1. The molecule has 0 bridgehead atoms. The fourth-order valence-corrected chi connectivity index (χ4v) is 8.00. The SMILES string of the molecule is C[C@H]1CC[C@H](c2ccccc2)S(=O)(=O)N1Cc1cc(F)c(C2(c3n[nH]c(=O)o3)CC(C)(N)C2)cc1F.Cl. The van der Waals surface area contributed by atoms with Gasteiger partial charge in [-0.15, -0.1) is 17.5 Å². The van der Waals surface area contributed by atoms with Crippen LogP contribution in [0, 0.1) is 11.6 Å². The first kappa shape index (κ1) is 27.4. The average Bonchev–Trinajstić information content (AvgIpc) is 3.23. The van der Waals surface area contributed by atoms with Crippen LogP contribution < -0.4 is 11.5 Å². The molecule has 200 valence electrons. The molecule has 3 aromatic rings. The fourth-order valence-electron chi connectivity index (χ4n) is 5.81. The Balaban J connectivity index is 0.00000320. The van der Waals surface area contributed by atoms with Gasteiger partial charge < -0.3 is 10.2 Å². The lowest BCUT2D eigenvalue weighted by Crippen LogP contribution is -2.59. The molecule has 8 nitrogen and oxygen atoms in total. The first-order valence-electron chi connectivity index (χ1n) is 11.8. The van der Waals surface area contributed by atoms with Gasteiger partial charge >= 0.3 is 5.76 Å². The van der Waals surface area contributed by atoms with Crippen molar-refractivity contribution in [1.82, 2.24) is 14.5 Å². The van der Waals surface area contributed by atoms with Gasteiger partial charge in [0.05, 0.1) is 5.41 Å². The van der Waals surface area contributed by atoms with Crippen molar-refractivity contribution in [3.05, 3.63) is 87.2 Å². The molecule has 1 aliphatic carbocycles. The summed E-state index contributed by atoms with van der Waals surface area (Å²) in [5.41, 5.74) is 4.87. The van der Waals surface area contributed by atoms with E-state index in [1.54, 1.807) is 38.1 Å². The number of nitrogens with zero attached hydrogens (tertiary/aromatic N) is 2. The van der Waals surface area contributed by atoms with Crippen LogP contribution in [-0.4, -0.2) is 34.5 Å². The molecule has 2 heterocycles. The quantitative estimate of drug-likeness (QED) is 0.493. The van der Waals surface area contributed by atoms with E-state index in [0.29, 0.717) is 18.4 Å². The van der Waals surface area contributed by atoms with Gasteiger partial charge in [0.15, 0.2) is 0 Å². The Bertz CT molecular complexity index is 1450. The van der Waals surface area contributed by atoms with Crippen molar-refractivity contribution in [3.63, 3.8) is 0 Å². The number of aromatic amines is 1. The van der Waals surface area contributed by atoms with Crippen molar-refractivity contribution in [2.24, 2.45) is 5.73 Å². The molecule has 12 heteroatoms. The van der Waals surface area contributed by atoms with Crippen LogP contribution in [0.5, 0.6) is 0 Å². The van der Waals surface area contributed by atoms with Crippen molar-refractivity contribution in [2.45, 2.75) is 68.3 Å². The number of nitrogens with one attached hydrogen (secondary N) is 1. The summed E-state index contributed by atoms with van der Waals surface area (Å²) in [6.07, 6.45) is 1.44. The van der Waals surface area contributed by atoms with Crippen LogP contribution in [0.4, 0.5) is 8.78 Å². The van der Waals surface area contributed by atoms with E-state index in [1.807, 2.05) is 6.07 Å². The lowest BCUT2D eigenvalue weighted by molar-refractivity contribution is 0.121. The Morgan fingerprint density at radius 1 is 1.16 bits per heavy atom. The molecule has 0 amide bonds. The summed E-state index contributed by atoms with van der Waals surface area (Å²) in [6.45, 7) is 3.24. The molecule has 2 aliphatic rings. The van der Waals surface area contributed by atoms with E-state index in [4.69, 9.17) is 10.2 Å². The van der Waals surface area contributed by atoms with Crippen molar-refractivity contribution >= 4 is 22.4 Å². The molecule has 0 spiro atoms. The van der Waals surface area contributed by atoms with Gasteiger partial charge in [0.2, 0.25) is 15.9 Å². The molecular weight excluding hydrogens is 526 g/mol. The number of sulfonamides is 1. The third-order valence-electron chi connectivity index (χ3n) is 7.43. The number of aromatic nitrogens is 2. The Morgan fingerprint density at radius 3 is 2.43 bits per heavy atom. The largest absolute Gasteiger partial charge is 0.434 e. The van der Waals surface area contributed by atoms with Crippen LogP contribution >= 0.6 is 12.4 Å². The topological polar surface area (TPSA) is 122 Å². The van der Waals surface area contributed by atoms with Crippen molar-refractivity contribution in [2.75, 3.05) is 0 Å². The van der Waals surface area contributed by atoms with Crippen LogP contribution in [0.25, 0.3) is 0 Å². The zero-order valence-electron chi connectivity index (χ0n) is 20.4. The van der Waals surface area contributed by atoms with Crippen molar-refractivity contribution in [1.29, 1.82) is 0 Å². The highest BCUT2D eigenvalue weighted by atomic mass is 35.5. The molecule has 1 saturated carbocycles. The van der Waals surface area contributed by atoms with E-state index < -0.39 is 43.6 Å². The third-order valence-corrected chi connectivity index (χ3v) is 9.80. The molecule has 5 rings (SSSR count). The molecule has 1 aliphatic heterocycles. The molecule has 2 fully saturated rings. The number of rotatable bonds is 5. The van der Waals surface area contributed by atoms with E-state index in [9.17, 15) is 13.2 Å². The first-order chi connectivity index (χ1) is 16.9. The van der Waals surface area contributed by atoms with Gasteiger partial charge in [0, 0.05) is 29.3 Å². The Hall–Kier alpha value is -2.60. The lowest BCUT2D eigenvalue weighted by atomic mass is 9.55. The normalized spacial score (nSPS) is 29.3. The van der Waals surface area contributed by atoms with E-state index >= 15 is 8.78 Å². The van der Waals surface area contributed by atoms with Crippen LogP contribution in [0.3, 0.4) is 0 Å². The zero-order valence-corrected chi connectivity index (χ0v) is 22.0. The minimum absolute atomic E-state index is 0. The van der Waals surface area contributed by atoms with Gasteiger partial charge in [-0.3, -0.25) is 0 Å². The minimum atomic E-state index is -3.82. The van der Waals surface area contributed by atoms with E-state index in [2.05, 4.69) is 10.2 Å². The summed E-state index contributed by atoms with van der Waals surface area (Å²) in [7, 11) is -3.82. The van der Waals surface area contributed by atoms with Gasteiger partial charge in [-0.2, -0.15) is 4.31 Å². The van der Waals surface area contributed by atoms with Gasteiger partial charge in [-0.25, -0.2) is 27.1 Å². The fraction of sp³-hybridized carbons (Fsp3) is 0.440. The maximum atomic E-state index is 15.5. The van der Waals surface area contributed by atoms with Crippen LogP contribution in [0.15, 0.2) is 51.7 Å². The maximum absolute atomic E-state index is 15.5. The number of hydrogen-bond donors (Lipinski definition) is 2. The highest BCUT2D eigenvalue weighted by Gasteiger charge is 2.56. The monoisotopic (exact) mass is 554 g/mol. The second kappa shape index (κ2) is 9.61. The summed E-state index contributed by atoms with van der Waals surface area (Å²) < 4.78 is 64.4. The molecule has 1 aromatic heterocycles. The second-order valence-corrected chi connectivity index (χ2v) is 12.4. The summed E-state index contributed by atoms with van der Waals surface area (Å²) in [4.78, 5) is 11.6. The molecule has 37 heavy (non-hydrogen) atoms. The van der Waals surface area contributed by atoms with Gasteiger partial charge in [0.25, 0.3) is 0 Å². The number of hydrogen-bond acceptors (Lipinski definition) is 6. The minimum Gasteiger partial charge on any atom is -0.391 e. The number of nitrogens with two attached hydrogens (primary N) is 1. The highest BCUT2D eigenvalue weighted by molar-refractivity contribution is 7.89. The van der Waals surface area contributed by atoms with Crippen molar-refractivity contribution < 1.29 is 21.6 Å². The predicted octanol–water partition coefficient (Wildman–Crippen LogP) is 3.92. The van der Waals surface area contributed by atoms with Crippen molar-refractivity contribution in [3.8, 4) is 0 Å². The van der Waals surface area contributed by atoms with Gasteiger partial charge in [-0.05, 0) is 57.2 Å². The maximum Gasteiger partial charge on any atom is 0.434 e. The summed E-state index contributed by atoms with van der Waals surface area (Å²) in [6, 6.07) is 10.6. The zero-order chi connectivity index (χ0) is 25.9.